The van der Waals surface area contributed by atoms with Crippen LogP contribution in [0, 0.1) is 13.8 Å². The average Bonchev–Trinajstić information content (AvgIpc) is 2.95. The van der Waals surface area contributed by atoms with Crippen molar-refractivity contribution in [3.05, 3.63) is 77.4 Å². The Hall–Kier alpha value is -3.29. The molecule has 0 spiro atoms. The first kappa shape index (κ1) is 20.4. The topological polar surface area (TPSA) is 56.1 Å². The summed E-state index contributed by atoms with van der Waals surface area (Å²) in [6, 6.07) is 13.3. The smallest absolute Gasteiger partial charge is 0.422 e. The number of pyridine rings is 1. The predicted molar refractivity (Wildman–Crippen MR) is 103 cm³/mol. The lowest BCUT2D eigenvalue weighted by molar-refractivity contribution is -0.153. The van der Waals surface area contributed by atoms with Crippen LogP contribution in [0.1, 0.15) is 27.4 Å². The van der Waals surface area contributed by atoms with Gasteiger partial charge < -0.3 is 14.6 Å². The van der Waals surface area contributed by atoms with Gasteiger partial charge in [-0.15, -0.1) is 0 Å². The first-order valence-electron chi connectivity index (χ1n) is 8.90. The summed E-state index contributed by atoms with van der Waals surface area (Å²) < 4.78 is 43.6. The van der Waals surface area contributed by atoms with Gasteiger partial charge in [-0.05, 0) is 44.2 Å². The summed E-state index contributed by atoms with van der Waals surface area (Å²) >= 11 is 0. The van der Waals surface area contributed by atoms with Gasteiger partial charge in [0.2, 0.25) is 0 Å². The molecule has 0 bridgehead atoms. The summed E-state index contributed by atoms with van der Waals surface area (Å²) in [7, 11) is 0. The van der Waals surface area contributed by atoms with Crippen molar-refractivity contribution in [1.82, 2.24) is 9.55 Å². The molecule has 1 aromatic carbocycles. The van der Waals surface area contributed by atoms with Gasteiger partial charge in [0, 0.05) is 29.3 Å². The van der Waals surface area contributed by atoms with Gasteiger partial charge in [-0.3, -0.25) is 9.78 Å². The molecule has 0 saturated carbocycles. The Balaban J connectivity index is 1.74. The highest BCUT2D eigenvalue weighted by Crippen LogP contribution is 2.23. The van der Waals surface area contributed by atoms with Crippen molar-refractivity contribution in [2.45, 2.75) is 26.6 Å². The van der Waals surface area contributed by atoms with Crippen LogP contribution in [0.25, 0.3) is 0 Å². The van der Waals surface area contributed by atoms with E-state index in [2.05, 4.69) is 10.3 Å². The number of carbonyl (C=O) groups is 1. The Kier molecular flexibility index (Phi) is 5.91. The molecule has 0 aliphatic heterocycles. The highest BCUT2D eigenvalue weighted by atomic mass is 19.4. The number of halogens is 3. The van der Waals surface area contributed by atoms with Crippen LogP contribution in [0.5, 0.6) is 5.75 Å². The number of anilines is 1. The molecule has 0 aliphatic rings. The predicted octanol–water partition coefficient (Wildman–Crippen LogP) is 4.74. The zero-order valence-corrected chi connectivity index (χ0v) is 16.0. The molecule has 2 heterocycles. The quantitative estimate of drug-likeness (QED) is 0.647. The summed E-state index contributed by atoms with van der Waals surface area (Å²) in [6.45, 7) is 2.89. The molecule has 1 N–H and O–H groups in total. The molecule has 0 fully saturated rings. The zero-order chi connectivity index (χ0) is 21.0. The van der Waals surface area contributed by atoms with E-state index in [1.54, 1.807) is 18.3 Å². The zero-order valence-electron chi connectivity index (χ0n) is 16.0. The first-order chi connectivity index (χ1) is 13.7. The van der Waals surface area contributed by atoms with Crippen LogP contribution in [0.2, 0.25) is 0 Å². The van der Waals surface area contributed by atoms with Gasteiger partial charge in [0.25, 0.3) is 5.91 Å². The summed E-state index contributed by atoms with van der Waals surface area (Å²) in [4.78, 5) is 17.0. The number of aryl methyl sites for hydroxylation is 1. The number of nitrogens with zero attached hydrogens (tertiary/aromatic N) is 2. The molecular weight excluding hydrogens is 383 g/mol. The Labute approximate surface area is 166 Å². The molecule has 0 atom stereocenters. The lowest BCUT2D eigenvalue weighted by Crippen LogP contribution is -2.19. The largest absolute Gasteiger partial charge is 0.484 e. The van der Waals surface area contributed by atoms with Gasteiger partial charge in [0.1, 0.15) is 5.75 Å². The van der Waals surface area contributed by atoms with Crippen LogP contribution in [0.4, 0.5) is 18.9 Å². The highest BCUT2D eigenvalue weighted by Gasteiger charge is 2.28. The molecule has 2 aromatic heterocycles. The van der Waals surface area contributed by atoms with Gasteiger partial charge >= 0.3 is 6.18 Å². The van der Waals surface area contributed by atoms with E-state index in [0.29, 0.717) is 17.8 Å². The van der Waals surface area contributed by atoms with Crippen molar-refractivity contribution in [1.29, 1.82) is 0 Å². The standard InChI is InChI=1S/C21H20F3N3O2/c1-14-10-19(15(2)27(14)12-17-6-3-4-9-25-17)20(28)26-16-7-5-8-18(11-16)29-13-21(22,23)24/h3-11H,12-13H2,1-2H3,(H,26,28). The SMILES string of the molecule is Cc1cc(C(=O)Nc2cccc(OCC(F)(F)F)c2)c(C)n1Cc1ccccn1. The second-order valence-electron chi connectivity index (χ2n) is 6.58. The number of ether oxygens (including phenoxy) is 1. The van der Waals surface area contributed by atoms with Gasteiger partial charge in [0.15, 0.2) is 6.61 Å². The van der Waals surface area contributed by atoms with E-state index in [1.807, 2.05) is 36.6 Å². The Morgan fingerprint density at radius 1 is 1.14 bits per heavy atom. The lowest BCUT2D eigenvalue weighted by Gasteiger charge is -2.11. The van der Waals surface area contributed by atoms with Crippen LogP contribution < -0.4 is 10.1 Å². The maximum Gasteiger partial charge on any atom is 0.422 e. The first-order valence-corrected chi connectivity index (χ1v) is 8.90. The van der Waals surface area contributed by atoms with Crippen LogP contribution in [-0.4, -0.2) is 28.2 Å². The van der Waals surface area contributed by atoms with Gasteiger partial charge in [-0.25, -0.2) is 0 Å². The average molecular weight is 403 g/mol. The number of hydrogen-bond donors (Lipinski definition) is 1. The fourth-order valence-corrected chi connectivity index (χ4v) is 2.96. The number of benzene rings is 1. The molecule has 29 heavy (non-hydrogen) atoms. The van der Waals surface area contributed by atoms with Crippen molar-refractivity contribution in [2.24, 2.45) is 0 Å². The molecule has 0 unspecified atom stereocenters. The Morgan fingerprint density at radius 3 is 2.62 bits per heavy atom. The van der Waals surface area contributed by atoms with E-state index in [0.717, 1.165) is 17.1 Å². The van der Waals surface area contributed by atoms with E-state index in [4.69, 9.17) is 4.74 Å². The summed E-state index contributed by atoms with van der Waals surface area (Å²) in [5.41, 5.74) is 3.38. The molecule has 3 rings (SSSR count). The van der Waals surface area contributed by atoms with E-state index >= 15 is 0 Å². The number of aromatic nitrogens is 2. The highest BCUT2D eigenvalue weighted by molar-refractivity contribution is 6.05. The van der Waals surface area contributed by atoms with Crippen molar-refractivity contribution in [3.63, 3.8) is 0 Å². The monoisotopic (exact) mass is 403 g/mol. The molecule has 5 nitrogen and oxygen atoms in total. The Bertz CT molecular complexity index is 998. The fraction of sp³-hybridized carbons (Fsp3) is 0.238. The van der Waals surface area contributed by atoms with Crippen molar-refractivity contribution >= 4 is 11.6 Å². The summed E-state index contributed by atoms with van der Waals surface area (Å²) in [5, 5.41) is 2.71. The minimum atomic E-state index is -4.43. The van der Waals surface area contributed by atoms with Crippen molar-refractivity contribution in [3.8, 4) is 5.75 Å². The number of amides is 1. The molecule has 3 aromatic rings. The number of hydrogen-bond acceptors (Lipinski definition) is 3. The fourth-order valence-electron chi connectivity index (χ4n) is 2.96. The van der Waals surface area contributed by atoms with E-state index < -0.39 is 12.8 Å². The maximum absolute atomic E-state index is 12.7. The third kappa shape index (κ3) is 5.37. The second kappa shape index (κ2) is 8.38. The molecule has 0 radical (unpaired) electrons. The maximum atomic E-state index is 12.7. The minimum absolute atomic E-state index is 0.0285. The van der Waals surface area contributed by atoms with E-state index in [9.17, 15) is 18.0 Å². The number of alkyl halides is 3. The molecule has 1 amide bonds. The minimum Gasteiger partial charge on any atom is -0.484 e. The lowest BCUT2D eigenvalue weighted by atomic mass is 10.2. The van der Waals surface area contributed by atoms with Crippen LogP contribution in [0.3, 0.4) is 0 Å². The number of nitrogens with one attached hydrogen (secondary N) is 1. The summed E-state index contributed by atoms with van der Waals surface area (Å²) in [6.07, 6.45) is -2.71. The van der Waals surface area contributed by atoms with Crippen LogP contribution in [0.15, 0.2) is 54.7 Å². The second-order valence-corrected chi connectivity index (χ2v) is 6.58. The number of rotatable bonds is 6. The molecule has 8 heteroatoms. The van der Waals surface area contributed by atoms with Crippen molar-refractivity contribution < 1.29 is 22.7 Å². The van der Waals surface area contributed by atoms with Crippen LogP contribution >= 0.6 is 0 Å². The third-order valence-corrected chi connectivity index (χ3v) is 4.36. The molecular formula is C21H20F3N3O2. The number of carbonyl (C=O) groups excluding carboxylic acids is 1. The van der Waals surface area contributed by atoms with Gasteiger partial charge in [-0.1, -0.05) is 12.1 Å². The van der Waals surface area contributed by atoms with Gasteiger partial charge in [-0.2, -0.15) is 13.2 Å². The Morgan fingerprint density at radius 2 is 1.93 bits per heavy atom. The summed E-state index contributed by atoms with van der Waals surface area (Å²) in [5.74, 6) is -0.320. The molecule has 152 valence electrons. The normalized spacial score (nSPS) is 11.3. The van der Waals surface area contributed by atoms with E-state index in [1.165, 1.54) is 18.2 Å². The van der Waals surface area contributed by atoms with Crippen molar-refractivity contribution in [2.75, 3.05) is 11.9 Å². The third-order valence-electron chi connectivity index (χ3n) is 4.36. The molecule has 0 aliphatic carbocycles. The van der Waals surface area contributed by atoms with Gasteiger partial charge in [0.05, 0.1) is 17.8 Å². The molecule has 0 saturated heterocycles. The van der Waals surface area contributed by atoms with E-state index in [-0.39, 0.29) is 11.7 Å². The van der Waals surface area contributed by atoms with Crippen LogP contribution in [-0.2, 0) is 6.54 Å².